The molecule has 0 radical (unpaired) electrons. The zero-order valence-corrected chi connectivity index (χ0v) is 10.3. The average molecular weight is 257 g/mol. The summed E-state index contributed by atoms with van der Waals surface area (Å²) in [6, 6.07) is 4.82. The molecule has 0 fully saturated rings. The summed E-state index contributed by atoms with van der Waals surface area (Å²) in [6.07, 6.45) is 1.61. The van der Waals surface area contributed by atoms with Gasteiger partial charge in [-0.05, 0) is 18.2 Å². The first-order valence-electron chi connectivity index (χ1n) is 4.73. The average Bonchev–Trinajstić information content (AvgIpc) is 2.35. The van der Waals surface area contributed by atoms with Crippen molar-refractivity contribution in [3.05, 3.63) is 18.2 Å². The summed E-state index contributed by atoms with van der Waals surface area (Å²) >= 11 is 1.55. The highest BCUT2D eigenvalue weighted by Crippen LogP contribution is 2.32. The highest BCUT2D eigenvalue weighted by molar-refractivity contribution is 7.99. The summed E-state index contributed by atoms with van der Waals surface area (Å²) in [7, 11) is -3.23. The maximum Gasteiger partial charge on any atom is 0.225 e. The molecule has 1 aromatic rings. The van der Waals surface area contributed by atoms with Gasteiger partial charge in [0.25, 0.3) is 0 Å². The summed E-state index contributed by atoms with van der Waals surface area (Å²) in [6.45, 7) is 0. The molecule has 2 rings (SSSR count). The molecule has 0 saturated heterocycles. The Kier molecular flexibility index (Phi) is 2.94. The van der Waals surface area contributed by atoms with Gasteiger partial charge in [-0.3, -0.25) is 4.79 Å². The van der Waals surface area contributed by atoms with Gasteiger partial charge in [-0.2, -0.15) is 0 Å². The maximum absolute atomic E-state index is 11.4. The van der Waals surface area contributed by atoms with E-state index in [2.05, 4.69) is 5.32 Å². The molecule has 1 aliphatic rings. The first-order chi connectivity index (χ1) is 7.47. The fourth-order valence-electron chi connectivity index (χ4n) is 1.43. The fraction of sp³-hybridized carbons (Fsp3) is 0.300. The van der Waals surface area contributed by atoms with Crippen LogP contribution in [0.1, 0.15) is 6.42 Å². The Labute approximate surface area is 98.3 Å². The molecule has 16 heavy (non-hydrogen) atoms. The molecular weight excluding hydrogens is 246 g/mol. The van der Waals surface area contributed by atoms with E-state index in [9.17, 15) is 13.2 Å². The lowest BCUT2D eigenvalue weighted by Gasteiger charge is -2.07. The Morgan fingerprint density at radius 2 is 2.12 bits per heavy atom. The third-order valence-corrected chi connectivity index (χ3v) is 4.43. The maximum atomic E-state index is 11.4. The van der Waals surface area contributed by atoms with Crippen molar-refractivity contribution in [3.8, 4) is 0 Å². The van der Waals surface area contributed by atoms with Gasteiger partial charge in [-0.1, -0.05) is 0 Å². The van der Waals surface area contributed by atoms with Crippen molar-refractivity contribution >= 4 is 33.2 Å². The van der Waals surface area contributed by atoms with Crippen LogP contribution >= 0.6 is 11.8 Å². The Morgan fingerprint density at radius 3 is 2.81 bits per heavy atom. The molecule has 0 unspecified atom stereocenters. The molecule has 1 N–H and O–H groups in total. The highest BCUT2D eigenvalue weighted by atomic mass is 32.2. The number of amides is 1. The number of rotatable bonds is 1. The number of carbonyl (C=O) groups is 1. The highest BCUT2D eigenvalue weighted by Gasteiger charge is 2.16. The van der Waals surface area contributed by atoms with Gasteiger partial charge in [0, 0.05) is 23.3 Å². The Hall–Kier alpha value is -1.01. The van der Waals surface area contributed by atoms with E-state index in [4.69, 9.17) is 0 Å². The predicted molar refractivity (Wildman–Crippen MR) is 63.5 cm³/mol. The van der Waals surface area contributed by atoms with E-state index in [0.29, 0.717) is 12.1 Å². The monoisotopic (exact) mass is 257 g/mol. The van der Waals surface area contributed by atoms with E-state index in [0.717, 1.165) is 16.9 Å². The number of nitrogens with one attached hydrogen (secondary N) is 1. The van der Waals surface area contributed by atoms with Crippen molar-refractivity contribution in [2.45, 2.75) is 16.2 Å². The van der Waals surface area contributed by atoms with Gasteiger partial charge in [-0.15, -0.1) is 11.8 Å². The first-order valence-corrected chi connectivity index (χ1v) is 7.61. The number of thioether (sulfide) groups is 1. The van der Waals surface area contributed by atoms with Gasteiger partial charge in [0.1, 0.15) is 0 Å². The number of fused-ring (bicyclic) bond motifs is 1. The molecule has 0 spiro atoms. The van der Waals surface area contributed by atoms with Crippen LogP contribution in [0.5, 0.6) is 0 Å². The summed E-state index contributed by atoms with van der Waals surface area (Å²) in [5, 5.41) is 2.71. The Balaban J connectivity index is 2.49. The molecule has 1 heterocycles. The molecule has 1 aromatic carbocycles. The molecule has 1 aliphatic heterocycles. The number of carbonyl (C=O) groups excluding carboxylic acids is 1. The smallest absolute Gasteiger partial charge is 0.225 e. The summed E-state index contributed by atoms with van der Waals surface area (Å²) in [4.78, 5) is 12.5. The van der Waals surface area contributed by atoms with Gasteiger partial charge in [0.15, 0.2) is 9.84 Å². The van der Waals surface area contributed by atoms with Crippen LogP contribution in [0, 0.1) is 0 Å². The molecule has 1 amide bonds. The zero-order chi connectivity index (χ0) is 11.8. The molecule has 0 atom stereocenters. The number of hydrogen-bond acceptors (Lipinski definition) is 4. The third-order valence-electron chi connectivity index (χ3n) is 2.24. The fourth-order valence-corrected chi connectivity index (χ4v) is 3.01. The summed E-state index contributed by atoms with van der Waals surface area (Å²) < 4.78 is 22.7. The minimum Gasteiger partial charge on any atom is -0.325 e. The topological polar surface area (TPSA) is 63.2 Å². The van der Waals surface area contributed by atoms with E-state index in [-0.39, 0.29) is 10.8 Å². The standard InChI is InChI=1S/C10H11NO3S2/c1-16(13,14)7-2-3-9-8(6-7)11-10(12)4-5-15-9/h2-3,6H,4-5H2,1H3,(H,11,12). The Morgan fingerprint density at radius 1 is 1.38 bits per heavy atom. The lowest BCUT2D eigenvalue weighted by atomic mass is 10.3. The van der Waals surface area contributed by atoms with E-state index in [1.54, 1.807) is 23.9 Å². The zero-order valence-electron chi connectivity index (χ0n) is 8.69. The number of hydrogen-bond donors (Lipinski definition) is 1. The molecule has 6 heteroatoms. The van der Waals surface area contributed by atoms with Crippen molar-refractivity contribution in [3.63, 3.8) is 0 Å². The van der Waals surface area contributed by atoms with Gasteiger partial charge >= 0.3 is 0 Å². The lowest BCUT2D eigenvalue weighted by molar-refractivity contribution is -0.115. The summed E-state index contributed by atoms with van der Waals surface area (Å²) in [5.74, 6) is 0.647. The molecule has 0 aliphatic carbocycles. The van der Waals surface area contributed by atoms with Crippen LogP contribution in [-0.4, -0.2) is 26.3 Å². The predicted octanol–water partition coefficient (Wildman–Crippen LogP) is 1.52. The number of anilines is 1. The molecule has 0 bridgehead atoms. The van der Waals surface area contributed by atoms with E-state index in [1.807, 2.05) is 0 Å². The molecule has 86 valence electrons. The summed E-state index contributed by atoms with van der Waals surface area (Å²) in [5.41, 5.74) is 0.593. The quantitative estimate of drug-likeness (QED) is 0.828. The van der Waals surface area contributed by atoms with Crippen molar-refractivity contribution in [1.29, 1.82) is 0 Å². The van der Waals surface area contributed by atoms with Gasteiger partial charge in [-0.25, -0.2) is 8.42 Å². The molecule has 0 aromatic heterocycles. The van der Waals surface area contributed by atoms with Crippen LogP contribution in [-0.2, 0) is 14.6 Å². The van der Waals surface area contributed by atoms with Gasteiger partial charge in [0.2, 0.25) is 5.91 Å². The van der Waals surface area contributed by atoms with E-state index in [1.165, 1.54) is 6.07 Å². The van der Waals surface area contributed by atoms with Crippen LogP contribution in [0.4, 0.5) is 5.69 Å². The Bertz CT molecular complexity index is 537. The number of benzene rings is 1. The minimum absolute atomic E-state index is 0.0723. The molecule has 0 saturated carbocycles. The lowest BCUT2D eigenvalue weighted by Crippen LogP contribution is -2.10. The van der Waals surface area contributed by atoms with Gasteiger partial charge in [0.05, 0.1) is 10.6 Å². The second-order valence-electron chi connectivity index (χ2n) is 3.58. The molecule has 4 nitrogen and oxygen atoms in total. The number of sulfone groups is 1. The van der Waals surface area contributed by atoms with Crippen molar-refractivity contribution in [2.24, 2.45) is 0 Å². The van der Waals surface area contributed by atoms with Crippen molar-refractivity contribution < 1.29 is 13.2 Å². The van der Waals surface area contributed by atoms with Crippen molar-refractivity contribution in [2.75, 3.05) is 17.3 Å². The van der Waals surface area contributed by atoms with Gasteiger partial charge < -0.3 is 5.32 Å². The van der Waals surface area contributed by atoms with E-state index < -0.39 is 9.84 Å². The van der Waals surface area contributed by atoms with Crippen LogP contribution < -0.4 is 5.32 Å². The normalized spacial score (nSPS) is 16.2. The van der Waals surface area contributed by atoms with Crippen molar-refractivity contribution in [1.82, 2.24) is 0 Å². The SMILES string of the molecule is CS(=O)(=O)c1ccc2c(c1)NC(=O)CCS2. The van der Waals surface area contributed by atoms with Crippen LogP contribution in [0.2, 0.25) is 0 Å². The molecular formula is C10H11NO3S2. The third kappa shape index (κ3) is 2.38. The van der Waals surface area contributed by atoms with Crippen LogP contribution in [0.3, 0.4) is 0 Å². The second-order valence-corrected chi connectivity index (χ2v) is 6.73. The van der Waals surface area contributed by atoms with E-state index >= 15 is 0 Å². The van der Waals surface area contributed by atoms with Crippen LogP contribution in [0.15, 0.2) is 28.0 Å². The largest absolute Gasteiger partial charge is 0.325 e. The van der Waals surface area contributed by atoms with Crippen LogP contribution in [0.25, 0.3) is 0 Å². The first kappa shape index (κ1) is 11.5. The second kappa shape index (κ2) is 4.10. The minimum atomic E-state index is -3.23.